The number of hydrogen-bond donors (Lipinski definition) is 20. The average Bonchev–Trinajstić information content (AvgIpc) is 0.765. The van der Waals surface area contributed by atoms with Crippen molar-refractivity contribution in [2.75, 3.05) is 20.2 Å². The molecule has 38 heteroatoms. The van der Waals surface area contributed by atoms with E-state index < -0.39 is 255 Å². The first-order valence-electron chi connectivity index (χ1n) is 39.8. The zero-order chi connectivity index (χ0) is 87.3. The van der Waals surface area contributed by atoms with Gasteiger partial charge in [0, 0.05) is 46.7 Å². The van der Waals surface area contributed by atoms with Crippen LogP contribution in [0.25, 0.3) is 11.1 Å². The second-order valence-electron chi connectivity index (χ2n) is 32.2. The Morgan fingerprint density at radius 2 is 1.26 bits per heavy atom. The monoisotopic (exact) mass is 1720 g/mol. The normalized spacial score (nSPS) is 30.6. The number of aliphatic hydroxyl groups excluding tert-OH is 6. The van der Waals surface area contributed by atoms with Crippen molar-refractivity contribution >= 4 is 70.5 Å². The van der Waals surface area contributed by atoms with E-state index >= 15 is 24.0 Å². The molecule has 22 N–H and O–H groups in total. The largest absolute Gasteiger partial charge is 0.508 e. The molecule has 36 nitrogen and oxygen atoms in total. The SMILES string of the molecule is CCCCCCCCCN[C@@]1(C)C[C@H](O[C@H]2[C@H](Oc3c4cc5cc3Oc3ccc(cc3Cl)[C@@H](O[C@H]3C[C@](C)(N)[C@H](O)[C@H](C)O3)[C@@H]3NC(=O)[C@H](NC(=O)[C@@H]5NC(=O)[C@H](CC(N)=O)NC(=O)[C@H](NC(=O)[C@@H](CC(C)C)NC)[C@H](O)c5ccc(c(Cl)c5)O4)c4ccc(O)c(c4)-c4c(O)cc(O)cc4[C@H](C(=O)O)NC3=O)O[C@H](CO)[C@@H](O)[C@@H]2O)O[C@@H](C)[C@H]1O. The molecule has 5 aromatic carbocycles. The lowest BCUT2D eigenvalue weighted by Crippen LogP contribution is -2.65. The van der Waals surface area contributed by atoms with E-state index in [-0.39, 0.29) is 58.4 Å². The molecular formula is C82H106Cl2N10O26. The molecule has 11 bridgehead atoms. The Hall–Kier alpha value is -9.32. The summed E-state index contributed by atoms with van der Waals surface area (Å²) in [5.41, 5.74) is 7.19. The summed E-state index contributed by atoms with van der Waals surface area (Å²) in [6.45, 7) is 11.6. The number of phenolic OH excluding ortho intramolecular Hbond substituents is 3. The van der Waals surface area contributed by atoms with E-state index in [9.17, 15) is 65.4 Å². The van der Waals surface area contributed by atoms with Crippen LogP contribution in [0.4, 0.5) is 0 Å². The summed E-state index contributed by atoms with van der Waals surface area (Å²) in [5, 5.41) is 137. The smallest absolute Gasteiger partial charge is 0.330 e. The topological polar surface area (TPSA) is 561 Å². The van der Waals surface area contributed by atoms with E-state index in [0.717, 1.165) is 93.5 Å². The van der Waals surface area contributed by atoms with Gasteiger partial charge < -0.3 is 143 Å². The van der Waals surface area contributed by atoms with Gasteiger partial charge in [0.1, 0.15) is 89.5 Å². The summed E-state index contributed by atoms with van der Waals surface area (Å²) >= 11 is 14.6. The molecule has 0 unspecified atom stereocenters. The number of aliphatic hydroxyl groups is 6. The van der Waals surface area contributed by atoms with Crippen molar-refractivity contribution in [1.82, 2.24) is 42.5 Å². The van der Waals surface area contributed by atoms with Crippen LogP contribution in [0.1, 0.15) is 177 Å². The molecular weight excluding hydrogens is 1610 g/mol. The number of carbonyl (C=O) groups excluding carboxylic acids is 7. The Labute approximate surface area is 700 Å². The van der Waals surface area contributed by atoms with Crippen LogP contribution in [0.3, 0.4) is 0 Å². The van der Waals surface area contributed by atoms with Gasteiger partial charge in [0.2, 0.25) is 53.4 Å². The zero-order valence-corrected chi connectivity index (χ0v) is 68.7. The fourth-order valence-electron chi connectivity index (χ4n) is 15.9. The molecule has 3 saturated heterocycles. The first-order valence-corrected chi connectivity index (χ1v) is 40.6. The van der Waals surface area contributed by atoms with Gasteiger partial charge in [-0.1, -0.05) is 101 Å². The number of unbranched alkanes of at least 4 members (excludes halogenated alkanes) is 6. The number of nitrogens with one attached hydrogen (secondary N) is 8. The van der Waals surface area contributed by atoms with Crippen molar-refractivity contribution in [1.29, 1.82) is 0 Å². The number of primary amides is 1. The predicted octanol–water partition coefficient (Wildman–Crippen LogP) is 3.73. The van der Waals surface area contributed by atoms with Gasteiger partial charge in [-0.05, 0) is 137 Å². The Morgan fingerprint density at radius 3 is 1.88 bits per heavy atom. The summed E-state index contributed by atoms with van der Waals surface area (Å²) in [6.07, 6.45) is -15.3. The first kappa shape index (κ1) is 91.4. The number of halogens is 2. The van der Waals surface area contributed by atoms with Gasteiger partial charge in [-0.25, -0.2) is 4.79 Å². The van der Waals surface area contributed by atoms with Crippen molar-refractivity contribution in [3.63, 3.8) is 0 Å². The van der Waals surface area contributed by atoms with E-state index in [1.165, 1.54) is 51.2 Å². The van der Waals surface area contributed by atoms with E-state index in [1.807, 2.05) is 13.8 Å². The van der Waals surface area contributed by atoms with E-state index in [1.54, 1.807) is 13.8 Å². The standard InChI is InChI=1S/C82H106Cl2N10O26/c1-9-10-11-12-13-14-15-22-88-82(7)33-58(114-37(5)72(82)104)119-70-67(102)66(101)55(34-95)117-80(70)120-69-53-27-41-28-54(69)116-52-21-18-40(26-46(52)84)68(118-57-32-81(6,86)71(103)36(4)113-57)64-78(110)92-62(79(111)112)44-29-42(96)30-50(98)59(44)43-24-38(16-19-49(43)97)60(75(107)94-64)91-76(108)61(41)90-74(106)48(31-56(85)99)89-77(109)63(93-73(105)47(87-8)23-35(2)3)65(100)39-17-20-51(115-53)45(83)25-39/h16-21,24-30,35-37,47-48,55,57-58,60-68,70-72,80,87-88,95-98,100-104H,9-15,22-23,31-34,86H2,1-8H3,(H2,85,99)(H,89,109)(H,90,106)(H,91,108)(H,92,110)(H,93,105)(H,94,107)(H,111,112)/t36-,37-,47+,48-,55+,57-,58-,60+,61+,62+,63+,64-,65+,66+,67-,68+,70+,71+,72+,80-,81-,82-/m0/s1. The maximum Gasteiger partial charge on any atom is 0.330 e. The molecule has 7 amide bonds. The predicted molar refractivity (Wildman–Crippen MR) is 428 cm³/mol. The van der Waals surface area contributed by atoms with Gasteiger partial charge in [0.15, 0.2) is 36.2 Å². The molecule has 13 rings (SSSR count). The van der Waals surface area contributed by atoms with Crippen LogP contribution >= 0.6 is 23.2 Å². The maximum atomic E-state index is 16.5. The van der Waals surface area contributed by atoms with Gasteiger partial charge in [0.25, 0.3) is 0 Å². The van der Waals surface area contributed by atoms with E-state index in [0.29, 0.717) is 6.54 Å². The summed E-state index contributed by atoms with van der Waals surface area (Å²) in [6, 6.07) is -0.202. The molecule has 0 radical (unpaired) electrons. The molecule has 0 aromatic heterocycles. The molecule has 8 aliphatic heterocycles. The number of carbonyl (C=O) groups is 8. The molecule has 0 spiro atoms. The number of likely N-dealkylation sites (N-methyl/N-ethyl adjacent to an activating group) is 1. The molecule has 120 heavy (non-hydrogen) atoms. The number of ether oxygens (including phenoxy) is 8. The number of nitrogens with two attached hydrogens (primary N) is 2. The highest BCUT2D eigenvalue weighted by molar-refractivity contribution is 6.32. The minimum atomic E-state index is -2.38. The van der Waals surface area contributed by atoms with Crippen LogP contribution in [0, 0.1) is 5.92 Å². The maximum absolute atomic E-state index is 16.5. The third-order valence-corrected chi connectivity index (χ3v) is 23.0. The zero-order valence-electron chi connectivity index (χ0n) is 67.2. The minimum absolute atomic E-state index is 0.0949. The van der Waals surface area contributed by atoms with Crippen LogP contribution in [-0.4, -0.2) is 222 Å². The number of carboxylic acids is 1. The molecule has 654 valence electrons. The summed E-state index contributed by atoms with van der Waals surface area (Å²) in [5.74, 6) is -15.9. The second kappa shape index (κ2) is 38.8. The van der Waals surface area contributed by atoms with Crippen molar-refractivity contribution in [2.24, 2.45) is 17.4 Å². The molecule has 0 aliphatic carbocycles. The van der Waals surface area contributed by atoms with Crippen molar-refractivity contribution in [3.05, 3.63) is 117 Å². The van der Waals surface area contributed by atoms with Gasteiger partial charge in [-0.15, -0.1) is 0 Å². The lowest BCUT2D eigenvalue weighted by atomic mass is 9.84. The quantitative estimate of drug-likeness (QED) is 0.0391. The fraction of sp³-hybridized carbons (Fsp3) is 0.537. The number of aromatic hydroxyl groups is 3. The first-order chi connectivity index (χ1) is 56.8. The lowest BCUT2D eigenvalue weighted by molar-refractivity contribution is -0.334. The summed E-state index contributed by atoms with van der Waals surface area (Å²) < 4.78 is 52.8. The Kier molecular flexibility index (Phi) is 29.6. The van der Waals surface area contributed by atoms with Crippen molar-refractivity contribution in [2.45, 2.75) is 252 Å². The van der Waals surface area contributed by atoms with Crippen LogP contribution in [0.5, 0.6) is 46.0 Å². The number of phenols is 3. The molecule has 5 aromatic rings. The molecule has 0 saturated carbocycles. The van der Waals surface area contributed by atoms with Crippen LogP contribution < -0.4 is 68.2 Å². The highest BCUT2D eigenvalue weighted by atomic mass is 35.5. The Morgan fingerprint density at radius 1 is 0.658 bits per heavy atom. The number of amides is 7. The highest BCUT2D eigenvalue weighted by Crippen LogP contribution is 2.51. The summed E-state index contributed by atoms with van der Waals surface area (Å²) in [4.78, 5) is 121. The Balaban J connectivity index is 1.16. The Bertz CT molecular complexity index is 4610. The molecule has 3 fully saturated rings. The minimum Gasteiger partial charge on any atom is -0.508 e. The van der Waals surface area contributed by atoms with Crippen LogP contribution in [-0.2, 0) is 62.0 Å². The number of carboxylic acid groups (broad SMARTS) is 1. The molecule has 8 heterocycles. The number of fused-ring (bicyclic) bond motifs is 15. The second-order valence-corrected chi connectivity index (χ2v) is 33.0. The number of aliphatic carboxylic acids is 1. The average molecular weight is 1720 g/mol. The van der Waals surface area contributed by atoms with Crippen molar-refractivity contribution in [3.8, 4) is 57.1 Å². The van der Waals surface area contributed by atoms with Crippen molar-refractivity contribution < 1.29 is 127 Å². The van der Waals surface area contributed by atoms with Gasteiger partial charge in [0.05, 0.1) is 53.5 Å². The number of hydrogen-bond acceptors (Lipinski definition) is 28. The van der Waals surface area contributed by atoms with Gasteiger partial charge in [-0.3, -0.25) is 33.6 Å². The van der Waals surface area contributed by atoms with Gasteiger partial charge >= 0.3 is 5.97 Å². The van der Waals surface area contributed by atoms with Crippen LogP contribution in [0.15, 0.2) is 78.9 Å². The third-order valence-electron chi connectivity index (χ3n) is 22.4. The summed E-state index contributed by atoms with van der Waals surface area (Å²) in [7, 11) is 1.48. The highest BCUT2D eigenvalue weighted by Gasteiger charge is 2.53. The molecule has 8 aliphatic rings. The number of benzene rings is 5. The number of rotatable bonds is 24. The van der Waals surface area contributed by atoms with E-state index in [4.69, 9.17) is 72.6 Å². The third kappa shape index (κ3) is 20.7. The fourth-order valence-corrected chi connectivity index (χ4v) is 16.3. The van der Waals surface area contributed by atoms with Crippen LogP contribution in [0.2, 0.25) is 10.0 Å². The van der Waals surface area contributed by atoms with Gasteiger partial charge in [-0.2, -0.15) is 0 Å². The lowest BCUT2D eigenvalue weighted by Gasteiger charge is -2.48. The van der Waals surface area contributed by atoms with E-state index in [2.05, 4.69) is 49.5 Å². The molecule has 22 atom stereocenters.